The fourth-order valence-electron chi connectivity index (χ4n) is 7.97. The van der Waals surface area contributed by atoms with Crippen LogP contribution >= 0.6 is 11.8 Å². The predicted octanol–water partition coefficient (Wildman–Crippen LogP) is 6.10. The zero-order valence-electron chi connectivity index (χ0n) is 17.5. The summed E-state index contributed by atoms with van der Waals surface area (Å²) in [5.74, 6) is 6.98. The van der Waals surface area contributed by atoms with Crippen LogP contribution in [0.1, 0.15) is 77.2 Å². The molecule has 0 bridgehead atoms. The van der Waals surface area contributed by atoms with Crippen LogP contribution in [-0.4, -0.2) is 15.0 Å². The van der Waals surface area contributed by atoms with Crippen LogP contribution in [-0.2, 0) is 5.88 Å². The van der Waals surface area contributed by atoms with Gasteiger partial charge in [0, 0.05) is 11.4 Å². The Bertz CT molecular complexity index is 751. The van der Waals surface area contributed by atoms with Gasteiger partial charge in [-0.2, -0.15) is 10.4 Å². The zero-order chi connectivity index (χ0) is 19.3. The van der Waals surface area contributed by atoms with Crippen LogP contribution in [0, 0.1) is 52.3 Å². The zero-order valence-corrected chi connectivity index (χ0v) is 18.3. The normalized spacial score (nSPS) is 45.0. The molecule has 4 saturated carbocycles. The van der Waals surface area contributed by atoms with Gasteiger partial charge in [0.1, 0.15) is 6.07 Å². The van der Waals surface area contributed by atoms with Crippen LogP contribution in [0.2, 0.25) is 0 Å². The van der Waals surface area contributed by atoms with Gasteiger partial charge in [0.05, 0.1) is 17.6 Å². The summed E-state index contributed by atoms with van der Waals surface area (Å²) in [5.41, 5.74) is 1.20. The SMILES string of the molecule is CC1CCC2C(CCC3C2CCC2(C)C(SCn4cc(C#N)cn4)CCC32)C1. The number of rotatable bonds is 3. The van der Waals surface area contributed by atoms with E-state index < -0.39 is 0 Å². The minimum Gasteiger partial charge on any atom is -0.261 e. The Labute approximate surface area is 174 Å². The van der Waals surface area contributed by atoms with Gasteiger partial charge in [0.25, 0.3) is 0 Å². The summed E-state index contributed by atoms with van der Waals surface area (Å²) >= 11 is 2.10. The molecule has 152 valence electrons. The first-order valence-electron chi connectivity index (χ1n) is 11.6. The summed E-state index contributed by atoms with van der Waals surface area (Å²) in [7, 11) is 0. The quantitative estimate of drug-likeness (QED) is 0.618. The molecule has 28 heavy (non-hydrogen) atoms. The van der Waals surface area contributed by atoms with E-state index in [0.717, 1.165) is 46.6 Å². The van der Waals surface area contributed by atoms with Crippen LogP contribution in [0.5, 0.6) is 0 Å². The molecule has 1 heterocycles. The molecule has 0 aliphatic heterocycles. The fourth-order valence-corrected chi connectivity index (χ4v) is 9.42. The van der Waals surface area contributed by atoms with E-state index in [2.05, 4.69) is 36.8 Å². The molecule has 8 unspecified atom stereocenters. The summed E-state index contributed by atoms with van der Waals surface area (Å²) in [6.07, 6.45) is 16.9. The van der Waals surface area contributed by atoms with Crippen molar-refractivity contribution in [2.24, 2.45) is 40.9 Å². The molecule has 0 spiro atoms. The maximum atomic E-state index is 9.02. The van der Waals surface area contributed by atoms with Crippen LogP contribution in [0.3, 0.4) is 0 Å². The van der Waals surface area contributed by atoms with E-state index in [1.165, 1.54) is 57.8 Å². The minimum absolute atomic E-state index is 0.520. The van der Waals surface area contributed by atoms with Crippen molar-refractivity contribution in [3.8, 4) is 6.07 Å². The standard InChI is InChI=1S/C24H35N3S/c1-16-3-5-19-18(11-16)4-6-21-20(19)9-10-24(2)22(21)7-8-23(24)28-15-27-14-17(12-25)13-26-27/h13-14,16,18-23H,3-11,15H2,1-2H3. The number of thioether (sulfide) groups is 1. The third kappa shape index (κ3) is 3.13. The van der Waals surface area contributed by atoms with Crippen LogP contribution in [0.25, 0.3) is 0 Å². The van der Waals surface area contributed by atoms with Gasteiger partial charge in [-0.15, -0.1) is 11.8 Å². The van der Waals surface area contributed by atoms with Gasteiger partial charge >= 0.3 is 0 Å². The molecule has 0 radical (unpaired) electrons. The van der Waals surface area contributed by atoms with Crippen molar-refractivity contribution in [1.29, 1.82) is 5.26 Å². The Morgan fingerprint density at radius 3 is 2.82 bits per heavy atom. The first-order chi connectivity index (χ1) is 13.6. The molecular formula is C24H35N3S. The summed E-state index contributed by atoms with van der Waals surface area (Å²) < 4.78 is 1.96. The highest BCUT2D eigenvalue weighted by Crippen LogP contribution is 2.64. The lowest BCUT2D eigenvalue weighted by molar-refractivity contribution is -0.0540. The molecule has 3 nitrogen and oxygen atoms in total. The second-order valence-corrected chi connectivity index (χ2v) is 11.8. The Kier molecular flexibility index (Phi) is 5.02. The van der Waals surface area contributed by atoms with Crippen molar-refractivity contribution in [3.05, 3.63) is 18.0 Å². The Morgan fingerprint density at radius 1 is 1.14 bits per heavy atom. The molecular weight excluding hydrogens is 362 g/mol. The Balaban J connectivity index is 1.27. The number of aromatic nitrogens is 2. The second-order valence-electron chi connectivity index (χ2n) is 10.6. The number of hydrogen-bond acceptors (Lipinski definition) is 3. The first-order valence-corrected chi connectivity index (χ1v) is 12.7. The van der Waals surface area contributed by atoms with Gasteiger partial charge in [0.2, 0.25) is 0 Å². The third-order valence-corrected chi connectivity index (χ3v) is 10.9. The van der Waals surface area contributed by atoms with Gasteiger partial charge in [-0.05, 0) is 92.3 Å². The van der Waals surface area contributed by atoms with Gasteiger partial charge in [-0.1, -0.05) is 20.3 Å². The molecule has 0 aromatic carbocycles. The number of fused-ring (bicyclic) bond motifs is 5. The Hall–Kier alpha value is -0.950. The molecule has 1 aromatic rings. The Morgan fingerprint density at radius 2 is 2.00 bits per heavy atom. The third-order valence-electron chi connectivity index (χ3n) is 9.30. The van der Waals surface area contributed by atoms with Crippen molar-refractivity contribution in [2.45, 2.75) is 82.8 Å². The molecule has 4 fully saturated rings. The van der Waals surface area contributed by atoms with Gasteiger partial charge in [-0.3, -0.25) is 4.68 Å². The lowest BCUT2D eigenvalue weighted by atomic mass is 9.50. The summed E-state index contributed by atoms with van der Waals surface area (Å²) in [6, 6.07) is 2.19. The lowest BCUT2D eigenvalue weighted by Crippen LogP contribution is -2.49. The highest BCUT2D eigenvalue weighted by atomic mass is 32.2. The van der Waals surface area contributed by atoms with E-state index in [1.54, 1.807) is 6.20 Å². The largest absolute Gasteiger partial charge is 0.261 e. The molecule has 5 rings (SSSR count). The van der Waals surface area contributed by atoms with Gasteiger partial charge in [0.15, 0.2) is 0 Å². The van der Waals surface area contributed by atoms with Gasteiger partial charge in [-0.25, -0.2) is 0 Å². The van der Waals surface area contributed by atoms with Crippen LogP contribution in [0.4, 0.5) is 0 Å². The monoisotopic (exact) mass is 397 g/mol. The van der Waals surface area contributed by atoms with Crippen molar-refractivity contribution in [3.63, 3.8) is 0 Å². The topological polar surface area (TPSA) is 41.6 Å². The minimum atomic E-state index is 0.520. The van der Waals surface area contributed by atoms with Crippen LogP contribution in [0.15, 0.2) is 12.4 Å². The maximum absolute atomic E-state index is 9.02. The van der Waals surface area contributed by atoms with E-state index in [1.807, 2.05) is 10.9 Å². The highest BCUT2D eigenvalue weighted by molar-refractivity contribution is 7.99. The predicted molar refractivity (Wildman–Crippen MR) is 115 cm³/mol. The number of nitriles is 1. The molecule has 0 amide bonds. The molecule has 0 N–H and O–H groups in total. The fraction of sp³-hybridized carbons (Fsp3) is 0.833. The number of nitrogens with zero attached hydrogens (tertiary/aromatic N) is 3. The van der Waals surface area contributed by atoms with Crippen molar-refractivity contribution in [2.75, 3.05) is 0 Å². The highest BCUT2D eigenvalue weighted by Gasteiger charge is 2.56. The van der Waals surface area contributed by atoms with E-state index in [0.29, 0.717) is 11.0 Å². The second kappa shape index (κ2) is 7.38. The summed E-state index contributed by atoms with van der Waals surface area (Å²) in [4.78, 5) is 0. The van der Waals surface area contributed by atoms with E-state index >= 15 is 0 Å². The average molecular weight is 398 g/mol. The van der Waals surface area contributed by atoms with E-state index in [9.17, 15) is 0 Å². The molecule has 4 heteroatoms. The average Bonchev–Trinajstić information content (AvgIpc) is 3.29. The molecule has 4 aliphatic rings. The molecule has 0 saturated heterocycles. The van der Waals surface area contributed by atoms with Crippen LogP contribution < -0.4 is 0 Å². The molecule has 8 atom stereocenters. The number of hydrogen-bond donors (Lipinski definition) is 0. The first kappa shape index (κ1) is 19.0. The maximum Gasteiger partial charge on any atom is 0.102 e. The van der Waals surface area contributed by atoms with E-state index in [4.69, 9.17) is 5.26 Å². The summed E-state index contributed by atoms with van der Waals surface area (Å²) in [5, 5.41) is 14.1. The summed E-state index contributed by atoms with van der Waals surface area (Å²) in [6.45, 7) is 5.11. The molecule has 4 aliphatic carbocycles. The molecule has 1 aromatic heterocycles. The van der Waals surface area contributed by atoms with Crippen molar-refractivity contribution < 1.29 is 0 Å². The van der Waals surface area contributed by atoms with Crippen molar-refractivity contribution in [1.82, 2.24) is 9.78 Å². The van der Waals surface area contributed by atoms with Crippen molar-refractivity contribution >= 4 is 11.8 Å². The van der Waals surface area contributed by atoms with E-state index in [-0.39, 0.29) is 0 Å². The smallest absolute Gasteiger partial charge is 0.102 e. The van der Waals surface area contributed by atoms with Gasteiger partial charge < -0.3 is 0 Å². The lowest BCUT2D eigenvalue weighted by Gasteiger charge is -2.56.